The molecule has 2 aromatic carbocycles. The monoisotopic (exact) mass is 542 g/mol. The lowest BCUT2D eigenvalue weighted by Crippen LogP contribution is -2.41. The Labute approximate surface area is 237 Å². The summed E-state index contributed by atoms with van der Waals surface area (Å²) in [6, 6.07) is 19.2. The van der Waals surface area contributed by atoms with Crippen molar-refractivity contribution in [2.75, 3.05) is 23.7 Å². The quantitative estimate of drug-likeness (QED) is 0.313. The van der Waals surface area contributed by atoms with Crippen LogP contribution in [0.15, 0.2) is 53.5 Å². The van der Waals surface area contributed by atoms with Crippen LogP contribution in [0.2, 0.25) is 0 Å². The molecule has 3 heterocycles. The van der Waals surface area contributed by atoms with Crippen molar-refractivity contribution in [1.29, 1.82) is 0 Å². The fourth-order valence-corrected chi connectivity index (χ4v) is 8.59. The first kappa shape index (κ1) is 25.5. The molecule has 39 heavy (non-hydrogen) atoms. The van der Waals surface area contributed by atoms with Crippen molar-refractivity contribution in [3.63, 3.8) is 0 Å². The Kier molecular flexibility index (Phi) is 7.33. The number of anilines is 1. The Bertz CT molecular complexity index is 1290. The highest BCUT2D eigenvalue weighted by Gasteiger charge is 2.34. The van der Waals surface area contributed by atoms with Crippen LogP contribution < -0.4 is 9.64 Å². The number of thioether (sulfide) groups is 1. The van der Waals surface area contributed by atoms with Crippen molar-refractivity contribution in [1.82, 2.24) is 9.88 Å². The Morgan fingerprint density at radius 2 is 1.59 bits per heavy atom. The molecule has 6 heteroatoms. The van der Waals surface area contributed by atoms with E-state index in [0.717, 1.165) is 17.3 Å². The molecule has 1 aromatic heterocycles. The van der Waals surface area contributed by atoms with Gasteiger partial charge in [-0.05, 0) is 82.8 Å². The summed E-state index contributed by atoms with van der Waals surface area (Å²) in [5, 5.41) is 2.40. The minimum Gasteiger partial charge on any atom is -0.457 e. The first-order valence-electron chi connectivity index (χ1n) is 15.4. The number of para-hydroxylation sites is 1. The maximum absolute atomic E-state index is 6.46. The van der Waals surface area contributed by atoms with Crippen LogP contribution >= 0.6 is 11.8 Å². The Morgan fingerprint density at radius 1 is 0.897 bits per heavy atom. The molecule has 4 aliphatic rings. The van der Waals surface area contributed by atoms with Gasteiger partial charge in [-0.25, -0.2) is 0 Å². The molecule has 2 aliphatic heterocycles. The standard InChI is InChI=1S/C33H42N4OS/c1-23(36-17-9-10-18-36)30-22-39-33(35-30)29-20-24-19-28(38-27-15-3-2-4-16-27)21-31(32(24)34-29)37(25-11-5-6-12-25)26-13-7-8-14-26/h2-4,15-16,19-21,23,25-26,30,34H,5-14,17-18,22H2,1H3/t23?,30-/m1/s1. The van der Waals surface area contributed by atoms with Gasteiger partial charge in [0.2, 0.25) is 0 Å². The fraction of sp³-hybridized carbons (Fsp3) is 0.545. The van der Waals surface area contributed by atoms with Crippen molar-refractivity contribution in [3.05, 3.63) is 54.2 Å². The van der Waals surface area contributed by atoms with E-state index in [1.165, 1.54) is 105 Å². The number of aromatic amines is 1. The molecule has 3 aromatic rings. The fourth-order valence-electron chi connectivity index (χ4n) is 7.43. The smallest absolute Gasteiger partial charge is 0.130 e. The lowest BCUT2D eigenvalue weighted by molar-refractivity contribution is 0.237. The summed E-state index contributed by atoms with van der Waals surface area (Å²) < 4.78 is 6.46. The van der Waals surface area contributed by atoms with E-state index in [9.17, 15) is 0 Å². The molecule has 1 saturated heterocycles. The highest BCUT2D eigenvalue weighted by molar-refractivity contribution is 8.14. The first-order valence-corrected chi connectivity index (χ1v) is 16.3. The number of ether oxygens (including phenoxy) is 1. The zero-order chi connectivity index (χ0) is 26.2. The number of aromatic nitrogens is 1. The number of fused-ring (bicyclic) bond motifs is 1. The molecular weight excluding hydrogens is 500 g/mol. The molecule has 2 aliphatic carbocycles. The van der Waals surface area contributed by atoms with Gasteiger partial charge in [0.15, 0.2) is 0 Å². The zero-order valence-electron chi connectivity index (χ0n) is 23.3. The molecule has 0 spiro atoms. The summed E-state index contributed by atoms with van der Waals surface area (Å²) in [6.45, 7) is 4.83. The normalized spacial score (nSPS) is 23.6. The van der Waals surface area contributed by atoms with Gasteiger partial charge in [0.25, 0.3) is 0 Å². The first-order chi connectivity index (χ1) is 19.2. The van der Waals surface area contributed by atoms with E-state index in [-0.39, 0.29) is 0 Å². The van der Waals surface area contributed by atoms with Crippen molar-refractivity contribution in [3.8, 4) is 11.5 Å². The average Bonchev–Trinajstić information content (AvgIpc) is 3.80. The Balaban J connectivity index is 1.27. The van der Waals surface area contributed by atoms with Gasteiger partial charge in [0.05, 0.1) is 22.9 Å². The van der Waals surface area contributed by atoms with Crippen LogP contribution in [0, 0.1) is 0 Å². The van der Waals surface area contributed by atoms with Gasteiger partial charge >= 0.3 is 0 Å². The highest BCUT2D eigenvalue weighted by atomic mass is 32.2. The predicted octanol–water partition coefficient (Wildman–Crippen LogP) is 8.00. The second kappa shape index (κ2) is 11.2. The van der Waals surface area contributed by atoms with Crippen LogP contribution in [0.1, 0.15) is 76.8 Å². The summed E-state index contributed by atoms with van der Waals surface area (Å²) in [4.78, 5) is 14.6. The molecule has 1 N–H and O–H groups in total. The lowest BCUT2D eigenvalue weighted by Gasteiger charge is -2.37. The number of hydrogen-bond acceptors (Lipinski definition) is 5. The minimum absolute atomic E-state index is 0.374. The van der Waals surface area contributed by atoms with Gasteiger partial charge in [-0.15, -0.1) is 11.8 Å². The molecule has 3 fully saturated rings. The van der Waals surface area contributed by atoms with Gasteiger partial charge < -0.3 is 14.6 Å². The van der Waals surface area contributed by atoms with Crippen LogP contribution in [0.3, 0.4) is 0 Å². The SMILES string of the molecule is CC([C@H]1CSC(c2cc3cc(Oc4ccccc4)cc(N(C4CCCC4)C4CCCC4)c3[nH]2)=N1)N1CCCC1. The van der Waals surface area contributed by atoms with E-state index in [2.05, 4.69) is 39.9 Å². The Hall–Kier alpha value is -2.44. The van der Waals surface area contributed by atoms with Crippen molar-refractivity contribution in [2.24, 2.45) is 4.99 Å². The number of H-pyrrole nitrogens is 1. The summed E-state index contributed by atoms with van der Waals surface area (Å²) in [5.74, 6) is 2.89. The number of nitrogens with one attached hydrogen (secondary N) is 1. The van der Waals surface area contributed by atoms with Gasteiger partial charge in [-0.3, -0.25) is 9.89 Å². The van der Waals surface area contributed by atoms with E-state index < -0.39 is 0 Å². The van der Waals surface area contributed by atoms with Crippen LogP contribution in [-0.2, 0) is 0 Å². The molecule has 2 saturated carbocycles. The van der Waals surface area contributed by atoms with E-state index >= 15 is 0 Å². The van der Waals surface area contributed by atoms with E-state index in [0.29, 0.717) is 24.2 Å². The minimum atomic E-state index is 0.374. The van der Waals surface area contributed by atoms with Crippen LogP contribution in [0.5, 0.6) is 11.5 Å². The number of aliphatic imine (C=N–C) groups is 1. The van der Waals surface area contributed by atoms with Crippen LogP contribution in [0.25, 0.3) is 10.9 Å². The molecule has 2 atom stereocenters. The largest absolute Gasteiger partial charge is 0.457 e. The van der Waals surface area contributed by atoms with Gasteiger partial charge in [0, 0.05) is 35.3 Å². The second-order valence-electron chi connectivity index (χ2n) is 12.1. The number of nitrogens with zero attached hydrogens (tertiary/aromatic N) is 3. The van der Waals surface area contributed by atoms with Crippen LogP contribution in [0.4, 0.5) is 5.69 Å². The topological polar surface area (TPSA) is 43.9 Å². The number of rotatable bonds is 8. The molecular formula is C33H42N4OS. The Morgan fingerprint density at radius 3 is 2.28 bits per heavy atom. The summed E-state index contributed by atoms with van der Waals surface area (Å²) in [5.41, 5.74) is 3.75. The number of likely N-dealkylation sites (tertiary alicyclic amines) is 1. The van der Waals surface area contributed by atoms with Crippen molar-refractivity contribution in [2.45, 2.75) is 95.3 Å². The van der Waals surface area contributed by atoms with Crippen LogP contribution in [-0.4, -0.2) is 57.9 Å². The van der Waals surface area contributed by atoms with Crippen molar-refractivity contribution < 1.29 is 4.74 Å². The van der Waals surface area contributed by atoms with Gasteiger partial charge in [-0.1, -0.05) is 43.9 Å². The molecule has 5 nitrogen and oxygen atoms in total. The predicted molar refractivity (Wildman–Crippen MR) is 165 cm³/mol. The molecule has 206 valence electrons. The molecule has 0 bridgehead atoms. The third kappa shape index (κ3) is 5.22. The summed E-state index contributed by atoms with van der Waals surface area (Å²) in [7, 11) is 0. The lowest BCUT2D eigenvalue weighted by atomic mass is 10.1. The number of benzene rings is 2. The zero-order valence-corrected chi connectivity index (χ0v) is 24.1. The number of hydrogen-bond donors (Lipinski definition) is 1. The average molecular weight is 543 g/mol. The van der Waals surface area contributed by atoms with Gasteiger partial charge in [0.1, 0.15) is 16.5 Å². The highest BCUT2D eigenvalue weighted by Crippen LogP contribution is 2.42. The molecule has 0 amide bonds. The second-order valence-corrected chi connectivity index (χ2v) is 13.1. The summed E-state index contributed by atoms with van der Waals surface area (Å²) in [6.07, 6.45) is 13.2. The van der Waals surface area contributed by atoms with Crippen molar-refractivity contribution >= 4 is 33.4 Å². The maximum atomic E-state index is 6.46. The summed E-state index contributed by atoms with van der Waals surface area (Å²) >= 11 is 1.92. The van der Waals surface area contributed by atoms with E-state index in [1.807, 2.05) is 42.1 Å². The molecule has 0 radical (unpaired) electrons. The van der Waals surface area contributed by atoms with Gasteiger partial charge in [-0.2, -0.15) is 0 Å². The third-order valence-electron chi connectivity index (χ3n) is 9.55. The third-order valence-corrected chi connectivity index (χ3v) is 10.7. The molecule has 7 rings (SSSR count). The van der Waals surface area contributed by atoms with E-state index in [4.69, 9.17) is 9.73 Å². The molecule has 1 unspecified atom stereocenters. The maximum Gasteiger partial charge on any atom is 0.130 e. The van der Waals surface area contributed by atoms with E-state index in [1.54, 1.807) is 0 Å².